The Kier molecular flexibility index (Phi) is 4.97. The maximum atomic E-state index is 10.2. The normalized spacial score (nSPS) is 15.2. The summed E-state index contributed by atoms with van der Waals surface area (Å²) in [4.78, 5) is 18.5. The maximum Gasteiger partial charge on any atom is 0.500 e. The van der Waals surface area contributed by atoms with E-state index in [2.05, 4.69) is 15.0 Å². The monoisotopic (exact) mass is 186 g/mol. The highest BCUT2D eigenvalue weighted by molar-refractivity contribution is 7.46. The first-order valence-electron chi connectivity index (χ1n) is 2.64. The van der Waals surface area contributed by atoms with E-state index in [1.165, 1.54) is 0 Å². The van der Waals surface area contributed by atoms with Crippen molar-refractivity contribution < 1.29 is 23.6 Å². The molecule has 0 saturated heterocycles. The highest BCUT2D eigenvalue weighted by Gasteiger charge is 2.12. The zero-order valence-corrected chi connectivity index (χ0v) is 6.37. The van der Waals surface area contributed by atoms with Crippen molar-refractivity contribution in [3.05, 3.63) is 0 Å². The number of nitrogens with one attached hydrogen (secondary N) is 1. The molecular weight excluding hydrogens is 178 g/mol. The molecule has 6 nitrogen and oxygen atoms in total. The third-order valence-corrected chi connectivity index (χ3v) is 0.837. The van der Waals surface area contributed by atoms with Crippen LogP contribution in [0.1, 0.15) is 0 Å². The Morgan fingerprint density at radius 1 is 1.73 bits per heavy atom. The molecule has 1 rings (SSSR count). The summed E-state index contributed by atoms with van der Waals surface area (Å²) in [6.45, 7) is 1.99. The minimum atomic E-state index is -4.81. The molecule has 0 spiro atoms. The summed E-state index contributed by atoms with van der Waals surface area (Å²) in [6, 6.07) is 0. The summed E-state index contributed by atoms with van der Waals surface area (Å²) in [7, 11) is -4.81. The van der Waals surface area contributed by atoms with Gasteiger partial charge in [0.05, 0.1) is 12.9 Å². The van der Waals surface area contributed by atoms with Crippen molar-refractivity contribution in [2.24, 2.45) is 4.99 Å². The number of hydrogen-bond donors (Lipinski definition) is 3. The first-order chi connectivity index (χ1) is 5.06. The highest BCUT2D eigenvalue weighted by Crippen LogP contribution is 2.35. The smallest absolute Gasteiger partial charge is 0.375 e. The van der Waals surface area contributed by atoms with Gasteiger partial charge in [0.15, 0.2) is 0 Å². The van der Waals surface area contributed by atoms with Crippen LogP contribution in [0, 0.1) is 0 Å². The zero-order valence-electron chi connectivity index (χ0n) is 5.47. The molecule has 0 aromatic carbocycles. The maximum absolute atomic E-state index is 10.2. The van der Waals surface area contributed by atoms with Crippen molar-refractivity contribution in [3.8, 4) is 0 Å². The highest BCUT2D eigenvalue weighted by atomic mass is 31.2. The fourth-order valence-electron chi connectivity index (χ4n) is 0.323. The summed E-state index contributed by atoms with van der Waals surface area (Å²) in [6.07, 6.45) is 1.74. The summed E-state index contributed by atoms with van der Waals surface area (Å²) in [5.41, 5.74) is 0. The first-order valence-corrected chi connectivity index (χ1v) is 4.17. The van der Waals surface area contributed by atoms with E-state index in [0.29, 0.717) is 0 Å². The largest absolute Gasteiger partial charge is 0.500 e. The van der Waals surface area contributed by atoms with Crippen LogP contribution < -0.4 is 5.32 Å². The number of phosphoric acid groups is 1. The lowest BCUT2D eigenvalue weighted by Crippen LogP contribution is -2.04. The average molecular weight is 186 g/mol. The van der Waals surface area contributed by atoms with Crippen LogP contribution in [0.4, 0.5) is 4.53 Å². The fraction of sp³-hybridized carbons (Fsp3) is 0.667. The van der Waals surface area contributed by atoms with E-state index in [9.17, 15) is 4.53 Å². The molecule has 1 heterocycles. The minimum absolute atomic E-state index is 0.958. The number of aliphatic imine (C=N–C) groups is 1. The Bertz CT molecular complexity index is 163. The Morgan fingerprint density at radius 3 is 2.36 bits per heavy atom. The van der Waals surface area contributed by atoms with Crippen LogP contribution >= 0.6 is 7.82 Å². The second kappa shape index (κ2) is 5.20. The van der Waals surface area contributed by atoms with Crippen molar-refractivity contribution >= 4 is 14.2 Å². The van der Waals surface area contributed by atoms with Gasteiger partial charge in [-0.2, -0.15) is 0 Å². The summed E-state index contributed by atoms with van der Waals surface area (Å²) in [5.74, 6) is 0. The molecule has 0 bridgehead atoms. The van der Waals surface area contributed by atoms with E-state index in [0.717, 1.165) is 13.1 Å². The van der Waals surface area contributed by atoms with Gasteiger partial charge in [0, 0.05) is 6.54 Å². The lowest BCUT2D eigenvalue weighted by Gasteiger charge is -1.87. The quantitative estimate of drug-likeness (QED) is 0.484. The molecule has 0 aromatic heterocycles. The van der Waals surface area contributed by atoms with E-state index in [4.69, 9.17) is 14.4 Å². The van der Waals surface area contributed by atoms with Crippen LogP contribution in [0.2, 0.25) is 0 Å². The fourth-order valence-corrected chi connectivity index (χ4v) is 0.323. The SMILES string of the molecule is C1=NCCN1.O=P(O)(O)OF. The Labute approximate surface area is 62.2 Å². The van der Waals surface area contributed by atoms with Gasteiger partial charge in [-0.15, -0.1) is 0 Å². The van der Waals surface area contributed by atoms with Crippen LogP contribution in [0.5, 0.6) is 0 Å². The second-order valence-corrected chi connectivity index (χ2v) is 2.67. The third-order valence-electron chi connectivity index (χ3n) is 0.658. The Balaban J connectivity index is 0.000000183. The number of rotatable bonds is 1. The molecule has 0 saturated carbocycles. The molecule has 11 heavy (non-hydrogen) atoms. The van der Waals surface area contributed by atoms with Crippen LogP contribution in [0.3, 0.4) is 0 Å². The van der Waals surface area contributed by atoms with E-state index in [-0.39, 0.29) is 0 Å². The summed E-state index contributed by atoms with van der Waals surface area (Å²) in [5, 5.41) is 2.93. The topological polar surface area (TPSA) is 91.2 Å². The predicted octanol–water partition coefficient (Wildman–Crippen LogP) is -0.402. The van der Waals surface area contributed by atoms with Crippen LogP contribution in [0.25, 0.3) is 0 Å². The number of halogens is 1. The molecule has 0 unspecified atom stereocenters. The Morgan fingerprint density at radius 2 is 2.27 bits per heavy atom. The molecular formula is C3H8FN2O4P. The van der Waals surface area contributed by atoms with E-state index >= 15 is 0 Å². The van der Waals surface area contributed by atoms with Crippen molar-refractivity contribution in [1.29, 1.82) is 0 Å². The standard InChI is InChI=1S/C3H6N2.FH2O4P/c1-2-5-3-4-1;1-5-6(2,3)4/h3H,1-2H2,(H,4,5);(H2,2,3,4). The lowest BCUT2D eigenvalue weighted by atomic mass is 10.7. The molecule has 0 amide bonds. The minimum Gasteiger partial charge on any atom is -0.375 e. The van der Waals surface area contributed by atoms with Gasteiger partial charge in [-0.1, -0.05) is 4.73 Å². The average Bonchev–Trinajstić information content (AvgIpc) is 2.41. The molecule has 0 radical (unpaired) electrons. The summed E-state index contributed by atoms with van der Waals surface area (Å²) >= 11 is 0. The third kappa shape index (κ3) is 9.51. The van der Waals surface area contributed by atoms with Gasteiger partial charge in [0.25, 0.3) is 0 Å². The summed E-state index contributed by atoms with van der Waals surface area (Å²) < 4.78 is 21.4. The van der Waals surface area contributed by atoms with Gasteiger partial charge in [0.2, 0.25) is 0 Å². The van der Waals surface area contributed by atoms with Crippen LogP contribution in [-0.4, -0.2) is 29.2 Å². The lowest BCUT2D eigenvalue weighted by molar-refractivity contribution is -0.0389. The Hall–Kier alpha value is -0.490. The number of nitrogens with zero attached hydrogens (tertiary/aromatic N) is 1. The molecule has 0 aromatic rings. The van der Waals surface area contributed by atoms with E-state index in [1.807, 2.05) is 0 Å². The van der Waals surface area contributed by atoms with Crippen LogP contribution in [-0.2, 0) is 9.29 Å². The number of hydrogen-bond acceptors (Lipinski definition) is 4. The van der Waals surface area contributed by atoms with Gasteiger partial charge in [0.1, 0.15) is 0 Å². The van der Waals surface area contributed by atoms with Crippen LogP contribution in [0.15, 0.2) is 4.99 Å². The van der Waals surface area contributed by atoms with Crippen molar-refractivity contribution in [1.82, 2.24) is 5.32 Å². The molecule has 66 valence electrons. The zero-order chi connectivity index (χ0) is 8.74. The van der Waals surface area contributed by atoms with Gasteiger partial charge in [-0.25, -0.2) is 4.57 Å². The van der Waals surface area contributed by atoms with E-state index < -0.39 is 7.82 Å². The van der Waals surface area contributed by atoms with Gasteiger partial charge >= 0.3 is 7.82 Å². The predicted molar refractivity (Wildman–Crippen MR) is 35.6 cm³/mol. The molecule has 1 aliphatic heterocycles. The molecule has 3 N–H and O–H groups in total. The van der Waals surface area contributed by atoms with Gasteiger partial charge in [-0.05, 0) is 4.53 Å². The van der Waals surface area contributed by atoms with Crippen molar-refractivity contribution in [2.75, 3.05) is 13.1 Å². The van der Waals surface area contributed by atoms with Crippen molar-refractivity contribution in [2.45, 2.75) is 0 Å². The van der Waals surface area contributed by atoms with Gasteiger partial charge < -0.3 is 15.1 Å². The van der Waals surface area contributed by atoms with Gasteiger partial charge in [-0.3, -0.25) is 4.99 Å². The second-order valence-electron chi connectivity index (χ2n) is 1.55. The first kappa shape index (κ1) is 10.5. The molecule has 1 aliphatic rings. The molecule has 0 fully saturated rings. The van der Waals surface area contributed by atoms with E-state index in [1.54, 1.807) is 6.34 Å². The van der Waals surface area contributed by atoms with Crippen molar-refractivity contribution in [3.63, 3.8) is 0 Å². The molecule has 0 atom stereocenters. The molecule has 0 aliphatic carbocycles. The molecule has 8 heteroatoms.